The Morgan fingerprint density at radius 2 is 1.71 bits per heavy atom. The highest BCUT2D eigenvalue weighted by Crippen LogP contribution is 2.33. The zero-order valence-electron chi connectivity index (χ0n) is 17.3. The molecule has 3 nitrogen and oxygen atoms in total. The molecule has 0 spiro atoms. The Morgan fingerprint density at radius 1 is 0.968 bits per heavy atom. The lowest BCUT2D eigenvalue weighted by atomic mass is 9.84. The predicted octanol–water partition coefficient (Wildman–Crippen LogP) is 6.19. The van der Waals surface area contributed by atoms with Crippen LogP contribution in [0.15, 0.2) is 79.1 Å². The molecule has 1 aliphatic rings. The van der Waals surface area contributed by atoms with Crippen molar-refractivity contribution >= 4 is 28.8 Å². The van der Waals surface area contributed by atoms with Gasteiger partial charge in [0, 0.05) is 47.6 Å². The van der Waals surface area contributed by atoms with Crippen LogP contribution in [0, 0.1) is 0 Å². The van der Waals surface area contributed by atoms with Gasteiger partial charge in [-0.1, -0.05) is 59.6 Å². The van der Waals surface area contributed by atoms with Crippen LogP contribution in [0.25, 0.3) is 5.57 Å². The van der Waals surface area contributed by atoms with E-state index < -0.39 is 5.60 Å². The van der Waals surface area contributed by atoms with E-state index in [0.29, 0.717) is 5.02 Å². The van der Waals surface area contributed by atoms with Crippen LogP contribution in [0.3, 0.4) is 0 Å². The summed E-state index contributed by atoms with van der Waals surface area (Å²) in [4.78, 5) is 6.70. The molecule has 4 rings (SSSR count). The Kier molecular flexibility index (Phi) is 7.09. The van der Waals surface area contributed by atoms with Gasteiger partial charge < -0.3 is 10.0 Å². The summed E-state index contributed by atoms with van der Waals surface area (Å²) in [5, 5.41) is 12.5. The second-order valence-corrected chi connectivity index (χ2v) is 8.91. The van der Waals surface area contributed by atoms with Gasteiger partial charge in [0.2, 0.25) is 0 Å². The van der Waals surface area contributed by atoms with E-state index in [1.807, 2.05) is 54.7 Å². The van der Waals surface area contributed by atoms with Gasteiger partial charge in [-0.2, -0.15) is 0 Å². The van der Waals surface area contributed by atoms with Crippen molar-refractivity contribution in [2.45, 2.75) is 24.9 Å². The summed E-state index contributed by atoms with van der Waals surface area (Å²) >= 11 is 12.2. The van der Waals surface area contributed by atoms with E-state index in [-0.39, 0.29) is 0 Å². The molecule has 5 heteroatoms. The Balaban J connectivity index is 1.41. The third-order valence-electron chi connectivity index (χ3n) is 5.97. The SMILES string of the molecule is OC1(c2ccc(Cl)cc2)CCN(CC/C=C(\c2cccnc2)c2cccc(Cl)c2)CC1. The molecule has 0 radical (unpaired) electrons. The van der Waals surface area contributed by atoms with Gasteiger partial charge in [-0.05, 0) is 66.3 Å². The first-order valence-electron chi connectivity index (χ1n) is 10.6. The van der Waals surface area contributed by atoms with Gasteiger partial charge in [-0.15, -0.1) is 0 Å². The monoisotopic (exact) mass is 452 g/mol. The average molecular weight is 453 g/mol. The lowest BCUT2D eigenvalue weighted by Gasteiger charge is -2.38. The average Bonchev–Trinajstić information content (AvgIpc) is 2.79. The number of hydrogen-bond acceptors (Lipinski definition) is 3. The highest BCUT2D eigenvalue weighted by atomic mass is 35.5. The van der Waals surface area contributed by atoms with Gasteiger partial charge in [0.1, 0.15) is 0 Å². The molecule has 0 atom stereocenters. The molecule has 2 heterocycles. The minimum atomic E-state index is -0.765. The van der Waals surface area contributed by atoms with E-state index in [1.165, 1.54) is 0 Å². The lowest BCUT2D eigenvalue weighted by molar-refractivity contribution is -0.0254. The van der Waals surface area contributed by atoms with Crippen LogP contribution in [0.1, 0.15) is 36.0 Å². The molecule has 0 unspecified atom stereocenters. The smallest absolute Gasteiger partial charge is 0.0920 e. The van der Waals surface area contributed by atoms with E-state index >= 15 is 0 Å². The molecule has 160 valence electrons. The van der Waals surface area contributed by atoms with Crippen molar-refractivity contribution in [3.8, 4) is 0 Å². The molecular formula is C26H26Cl2N2O. The number of aliphatic hydroxyl groups is 1. The summed E-state index contributed by atoms with van der Waals surface area (Å²) in [6.07, 6.45) is 8.30. The quantitative estimate of drug-likeness (QED) is 0.483. The molecule has 31 heavy (non-hydrogen) atoms. The summed E-state index contributed by atoms with van der Waals surface area (Å²) in [5.41, 5.74) is 3.51. The fraction of sp³-hybridized carbons (Fsp3) is 0.269. The highest BCUT2D eigenvalue weighted by molar-refractivity contribution is 6.31. The molecule has 2 aromatic carbocycles. The summed E-state index contributed by atoms with van der Waals surface area (Å²) < 4.78 is 0. The summed E-state index contributed by atoms with van der Waals surface area (Å²) in [6, 6.07) is 19.5. The zero-order valence-corrected chi connectivity index (χ0v) is 18.9. The van der Waals surface area contributed by atoms with Crippen LogP contribution in [0.2, 0.25) is 10.0 Å². The van der Waals surface area contributed by atoms with E-state index in [1.54, 1.807) is 6.20 Å². The molecule has 1 saturated heterocycles. The van der Waals surface area contributed by atoms with Gasteiger partial charge in [-0.25, -0.2) is 0 Å². The number of piperidine rings is 1. The molecular weight excluding hydrogens is 427 g/mol. The van der Waals surface area contributed by atoms with Crippen molar-refractivity contribution in [3.63, 3.8) is 0 Å². The largest absolute Gasteiger partial charge is 0.385 e. The molecule has 1 aromatic heterocycles. The van der Waals surface area contributed by atoms with E-state index in [4.69, 9.17) is 23.2 Å². The van der Waals surface area contributed by atoms with Crippen LogP contribution in [-0.4, -0.2) is 34.6 Å². The second-order valence-electron chi connectivity index (χ2n) is 8.04. The van der Waals surface area contributed by atoms with E-state index in [9.17, 15) is 5.11 Å². The number of pyridine rings is 1. The fourth-order valence-corrected chi connectivity index (χ4v) is 4.48. The minimum Gasteiger partial charge on any atom is -0.385 e. The number of hydrogen-bond donors (Lipinski definition) is 1. The van der Waals surface area contributed by atoms with Gasteiger partial charge in [0.25, 0.3) is 0 Å². The van der Waals surface area contributed by atoms with E-state index in [2.05, 4.69) is 28.1 Å². The number of halogens is 2. The Morgan fingerprint density at radius 3 is 2.39 bits per heavy atom. The topological polar surface area (TPSA) is 36.4 Å². The normalized spacial score (nSPS) is 16.9. The van der Waals surface area contributed by atoms with Crippen molar-refractivity contribution in [3.05, 3.63) is 106 Å². The van der Waals surface area contributed by atoms with E-state index in [0.717, 1.165) is 66.2 Å². The number of rotatable bonds is 6. The van der Waals surface area contributed by atoms with Crippen LogP contribution >= 0.6 is 23.2 Å². The van der Waals surface area contributed by atoms with Crippen LogP contribution < -0.4 is 0 Å². The Hall–Kier alpha value is -2.17. The first kappa shape index (κ1) is 22.0. The summed E-state index contributed by atoms with van der Waals surface area (Å²) in [7, 11) is 0. The maximum atomic E-state index is 11.1. The van der Waals surface area contributed by atoms with Crippen LogP contribution in [0.5, 0.6) is 0 Å². The molecule has 0 bridgehead atoms. The summed E-state index contributed by atoms with van der Waals surface area (Å²) in [6.45, 7) is 2.68. The second kappa shape index (κ2) is 9.97. The molecule has 0 saturated carbocycles. The number of nitrogens with zero attached hydrogens (tertiary/aromatic N) is 2. The lowest BCUT2D eigenvalue weighted by Crippen LogP contribution is -2.42. The van der Waals surface area contributed by atoms with Crippen molar-refractivity contribution in [2.75, 3.05) is 19.6 Å². The molecule has 3 aromatic rings. The van der Waals surface area contributed by atoms with Crippen molar-refractivity contribution in [1.82, 2.24) is 9.88 Å². The molecule has 0 amide bonds. The zero-order chi connectivity index (χ0) is 21.7. The Bertz CT molecular complexity index is 1030. The van der Waals surface area contributed by atoms with Gasteiger partial charge in [0.15, 0.2) is 0 Å². The van der Waals surface area contributed by atoms with Crippen LogP contribution in [0.4, 0.5) is 0 Å². The first-order chi connectivity index (χ1) is 15.0. The third kappa shape index (κ3) is 5.55. The van der Waals surface area contributed by atoms with Crippen molar-refractivity contribution in [1.29, 1.82) is 0 Å². The van der Waals surface area contributed by atoms with Crippen molar-refractivity contribution in [2.24, 2.45) is 0 Å². The fourth-order valence-electron chi connectivity index (χ4n) is 4.17. The van der Waals surface area contributed by atoms with Gasteiger partial charge in [0.05, 0.1) is 5.60 Å². The van der Waals surface area contributed by atoms with Gasteiger partial charge >= 0.3 is 0 Å². The van der Waals surface area contributed by atoms with Gasteiger partial charge in [-0.3, -0.25) is 4.98 Å². The minimum absolute atomic E-state index is 0.695. The molecule has 0 aliphatic carbocycles. The molecule has 1 aliphatic heterocycles. The first-order valence-corrected chi connectivity index (χ1v) is 11.4. The Labute approximate surface area is 194 Å². The molecule has 1 fully saturated rings. The predicted molar refractivity (Wildman–Crippen MR) is 128 cm³/mol. The number of likely N-dealkylation sites (tertiary alicyclic amines) is 1. The summed E-state index contributed by atoms with van der Waals surface area (Å²) in [5.74, 6) is 0. The van der Waals surface area contributed by atoms with Crippen LogP contribution in [-0.2, 0) is 5.60 Å². The van der Waals surface area contributed by atoms with Crippen molar-refractivity contribution < 1.29 is 5.11 Å². The standard InChI is InChI=1S/C26H26Cl2N2O/c27-23-10-8-22(9-11-23)26(31)12-16-30(17-13-26)15-3-7-25(21-5-2-14-29-19-21)20-4-1-6-24(28)18-20/h1-2,4-11,14,18-19,31H,3,12-13,15-17H2/b25-7-. The maximum absolute atomic E-state index is 11.1. The highest BCUT2D eigenvalue weighted by Gasteiger charge is 2.33. The number of aromatic nitrogens is 1. The number of benzene rings is 2. The third-order valence-corrected chi connectivity index (χ3v) is 6.45. The molecule has 1 N–H and O–H groups in total. The maximum Gasteiger partial charge on any atom is 0.0920 e.